The number of rotatable bonds is 7. The Kier molecular flexibility index (Phi) is 6.29. The minimum Gasteiger partial charge on any atom is -0.497 e. The SMILES string of the molecule is CCCCOc1ccc(Cl)cc1C(=O)Nc1cccc(OC)c1. The van der Waals surface area contributed by atoms with Crippen molar-refractivity contribution >= 4 is 23.2 Å². The number of halogens is 1. The van der Waals surface area contributed by atoms with Gasteiger partial charge in [-0.1, -0.05) is 31.0 Å². The third-order valence-corrected chi connectivity index (χ3v) is 3.50. The quantitative estimate of drug-likeness (QED) is 0.742. The molecule has 0 fully saturated rings. The standard InChI is InChI=1S/C18H20ClNO3/c1-3-4-10-23-17-9-8-13(19)11-16(17)18(21)20-14-6-5-7-15(12-14)22-2/h5-9,11-12H,3-4,10H2,1-2H3,(H,20,21). The summed E-state index contributed by atoms with van der Waals surface area (Å²) in [6.07, 6.45) is 1.96. The summed E-state index contributed by atoms with van der Waals surface area (Å²) in [6.45, 7) is 2.65. The first kappa shape index (κ1) is 17.2. The molecule has 4 nitrogen and oxygen atoms in total. The monoisotopic (exact) mass is 333 g/mol. The van der Waals surface area contributed by atoms with Gasteiger partial charge in [-0.25, -0.2) is 0 Å². The van der Waals surface area contributed by atoms with Gasteiger partial charge in [0, 0.05) is 16.8 Å². The number of anilines is 1. The van der Waals surface area contributed by atoms with E-state index in [1.54, 1.807) is 37.4 Å². The Balaban J connectivity index is 2.18. The molecule has 0 atom stereocenters. The van der Waals surface area contributed by atoms with E-state index in [2.05, 4.69) is 12.2 Å². The minimum absolute atomic E-state index is 0.271. The lowest BCUT2D eigenvalue weighted by Gasteiger charge is -2.12. The molecule has 2 aromatic rings. The summed E-state index contributed by atoms with van der Waals surface area (Å²) in [5, 5.41) is 3.32. The Bertz CT molecular complexity index is 673. The molecule has 1 amide bonds. The van der Waals surface area contributed by atoms with Gasteiger partial charge in [0.1, 0.15) is 11.5 Å². The number of carbonyl (C=O) groups is 1. The zero-order valence-electron chi connectivity index (χ0n) is 13.3. The van der Waals surface area contributed by atoms with Gasteiger partial charge < -0.3 is 14.8 Å². The molecule has 0 spiro atoms. The van der Waals surface area contributed by atoms with Crippen LogP contribution in [0.3, 0.4) is 0 Å². The van der Waals surface area contributed by atoms with Crippen LogP contribution in [0.25, 0.3) is 0 Å². The number of hydrogen-bond donors (Lipinski definition) is 1. The number of unbranched alkanes of at least 4 members (excludes halogenated alkanes) is 1. The molecule has 0 aliphatic heterocycles. The average Bonchev–Trinajstić information content (AvgIpc) is 2.56. The summed E-state index contributed by atoms with van der Waals surface area (Å²) in [4.78, 5) is 12.5. The van der Waals surface area contributed by atoms with Gasteiger partial charge in [0.2, 0.25) is 0 Å². The van der Waals surface area contributed by atoms with Crippen LogP contribution >= 0.6 is 11.6 Å². The first-order chi connectivity index (χ1) is 11.1. The zero-order chi connectivity index (χ0) is 16.7. The van der Waals surface area contributed by atoms with Crippen molar-refractivity contribution in [1.82, 2.24) is 0 Å². The highest BCUT2D eigenvalue weighted by molar-refractivity contribution is 6.31. The molecule has 0 saturated carbocycles. The normalized spacial score (nSPS) is 10.2. The van der Waals surface area contributed by atoms with E-state index < -0.39 is 0 Å². The summed E-state index contributed by atoms with van der Waals surface area (Å²) in [5.74, 6) is 0.934. The second-order valence-electron chi connectivity index (χ2n) is 5.03. The largest absolute Gasteiger partial charge is 0.497 e. The summed E-state index contributed by atoms with van der Waals surface area (Å²) in [5.41, 5.74) is 1.06. The van der Waals surface area contributed by atoms with Crippen LogP contribution in [0, 0.1) is 0 Å². The summed E-state index contributed by atoms with van der Waals surface area (Å²) < 4.78 is 10.8. The fourth-order valence-electron chi connectivity index (χ4n) is 2.03. The van der Waals surface area contributed by atoms with Crippen LogP contribution in [0.5, 0.6) is 11.5 Å². The zero-order valence-corrected chi connectivity index (χ0v) is 14.0. The third-order valence-electron chi connectivity index (χ3n) is 3.27. The number of carbonyl (C=O) groups excluding carboxylic acids is 1. The smallest absolute Gasteiger partial charge is 0.259 e. The fourth-order valence-corrected chi connectivity index (χ4v) is 2.20. The van der Waals surface area contributed by atoms with E-state index in [0.717, 1.165) is 12.8 Å². The molecule has 2 rings (SSSR count). The summed E-state index contributed by atoms with van der Waals surface area (Å²) >= 11 is 6.02. The van der Waals surface area contributed by atoms with Crippen molar-refractivity contribution in [2.24, 2.45) is 0 Å². The minimum atomic E-state index is -0.271. The molecule has 0 aliphatic carbocycles. The molecule has 0 saturated heterocycles. The molecule has 0 aliphatic rings. The molecule has 1 N–H and O–H groups in total. The number of methoxy groups -OCH3 is 1. The van der Waals surface area contributed by atoms with Gasteiger partial charge in [-0.15, -0.1) is 0 Å². The molecular formula is C18H20ClNO3. The van der Waals surface area contributed by atoms with E-state index in [-0.39, 0.29) is 5.91 Å². The van der Waals surface area contributed by atoms with Gasteiger partial charge in [-0.05, 0) is 36.8 Å². The second-order valence-corrected chi connectivity index (χ2v) is 5.47. The molecule has 23 heavy (non-hydrogen) atoms. The Labute approximate surface area is 141 Å². The highest BCUT2D eigenvalue weighted by Gasteiger charge is 2.14. The number of ether oxygens (including phenoxy) is 2. The predicted molar refractivity (Wildman–Crippen MR) is 92.8 cm³/mol. The van der Waals surface area contributed by atoms with Crippen LogP contribution in [0.4, 0.5) is 5.69 Å². The number of benzene rings is 2. The molecule has 0 aromatic heterocycles. The molecule has 5 heteroatoms. The predicted octanol–water partition coefficient (Wildman–Crippen LogP) is 4.78. The van der Waals surface area contributed by atoms with Gasteiger partial charge in [-0.2, -0.15) is 0 Å². The lowest BCUT2D eigenvalue weighted by atomic mass is 10.1. The Hall–Kier alpha value is -2.20. The second kappa shape index (κ2) is 8.44. The van der Waals surface area contributed by atoms with Crippen molar-refractivity contribution in [1.29, 1.82) is 0 Å². The number of amides is 1. The summed E-state index contributed by atoms with van der Waals surface area (Å²) in [7, 11) is 1.58. The molecule has 2 aromatic carbocycles. The molecule has 122 valence electrons. The van der Waals surface area contributed by atoms with Crippen molar-refractivity contribution < 1.29 is 14.3 Å². The highest BCUT2D eigenvalue weighted by atomic mass is 35.5. The lowest BCUT2D eigenvalue weighted by molar-refractivity contribution is 0.102. The molecule has 0 heterocycles. The summed E-state index contributed by atoms with van der Waals surface area (Å²) in [6, 6.07) is 12.2. The van der Waals surface area contributed by atoms with Crippen LogP contribution in [-0.4, -0.2) is 19.6 Å². The first-order valence-corrected chi connectivity index (χ1v) is 7.89. The molecule has 0 unspecified atom stereocenters. The number of nitrogens with one attached hydrogen (secondary N) is 1. The molecular weight excluding hydrogens is 314 g/mol. The van der Waals surface area contributed by atoms with Crippen molar-refractivity contribution in [2.75, 3.05) is 19.0 Å². The van der Waals surface area contributed by atoms with E-state index in [9.17, 15) is 4.79 Å². The highest BCUT2D eigenvalue weighted by Crippen LogP contribution is 2.25. The van der Waals surface area contributed by atoms with E-state index in [4.69, 9.17) is 21.1 Å². The molecule has 0 radical (unpaired) electrons. The topological polar surface area (TPSA) is 47.6 Å². The van der Waals surface area contributed by atoms with Gasteiger partial charge in [0.25, 0.3) is 5.91 Å². The van der Waals surface area contributed by atoms with Gasteiger partial charge in [0.05, 0.1) is 19.3 Å². The van der Waals surface area contributed by atoms with Crippen molar-refractivity contribution in [3.8, 4) is 11.5 Å². The van der Waals surface area contributed by atoms with Gasteiger partial charge in [-0.3, -0.25) is 4.79 Å². The molecule has 0 bridgehead atoms. The average molecular weight is 334 g/mol. The van der Waals surface area contributed by atoms with Crippen molar-refractivity contribution in [3.05, 3.63) is 53.1 Å². The van der Waals surface area contributed by atoms with Crippen LogP contribution in [0.15, 0.2) is 42.5 Å². The maximum Gasteiger partial charge on any atom is 0.259 e. The van der Waals surface area contributed by atoms with Crippen LogP contribution in [0.1, 0.15) is 30.1 Å². The Morgan fingerprint density at radius 2 is 2.04 bits per heavy atom. The van der Waals surface area contributed by atoms with Crippen molar-refractivity contribution in [3.63, 3.8) is 0 Å². The van der Waals surface area contributed by atoms with E-state index in [0.29, 0.717) is 34.4 Å². The van der Waals surface area contributed by atoms with Gasteiger partial charge >= 0.3 is 0 Å². The Morgan fingerprint density at radius 3 is 2.78 bits per heavy atom. The fraction of sp³-hybridized carbons (Fsp3) is 0.278. The Morgan fingerprint density at radius 1 is 1.22 bits per heavy atom. The maximum absolute atomic E-state index is 12.5. The van der Waals surface area contributed by atoms with E-state index >= 15 is 0 Å². The third kappa shape index (κ3) is 4.89. The van der Waals surface area contributed by atoms with Gasteiger partial charge in [0.15, 0.2) is 0 Å². The maximum atomic E-state index is 12.5. The number of hydrogen-bond acceptors (Lipinski definition) is 3. The van der Waals surface area contributed by atoms with Crippen LogP contribution in [-0.2, 0) is 0 Å². The van der Waals surface area contributed by atoms with E-state index in [1.807, 2.05) is 12.1 Å². The van der Waals surface area contributed by atoms with Crippen LogP contribution in [0.2, 0.25) is 5.02 Å². The van der Waals surface area contributed by atoms with Crippen molar-refractivity contribution in [2.45, 2.75) is 19.8 Å². The lowest BCUT2D eigenvalue weighted by Crippen LogP contribution is -2.14. The van der Waals surface area contributed by atoms with Crippen LogP contribution < -0.4 is 14.8 Å². The van der Waals surface area contributed by atoms with E-state index in [1.165, 1.54) is 0 Å². The first-order valence-electron chi connectivity index (χ1n) is 7.51.